The number of aliphatic carboxylic acids is 1. The Morgan fingerprint density at radius 1 is 1.10 bits per heavy atom. The third kappa shape index (κ3) is 5.76. The average molecular weight is 290 g/mol. The number of anilines is 1. The number of para-hydroxylation sites is 1. The van der Waals surface area contributed by atoms with Crippen LogP contribution in [0.2, 0.25) is 0 Å². The number of nitrogens with zero attached hydrogens (tertiary/aromatic N) is 2. The molecule has 0 amide bonds. The average Bonchev–Trinajstić information content (AvgIpc) is 2.99. The molecule has 21 heavy (non-hydrogen) atoms. The van der Waals surface area contributed by atoms with Gasteiger partial charge >= 0.3 is 5.97 Å². The molecule has 4 nitrogen and oxygen atoms in total. The van der Waals surface area contributed by atoms with Gasteiger partial charge < -0.3 is 14.9 Å². The van der Waals surface area contributed by atoms with Crippen LogP contribution < -0.4 is 4.90 Å². The Morgan fingerprint density at radius 3 is 2.43 bits per heavy atom. The summed E-state index contributed by atoms with van der Waals surface area (Å²) in [6.45, 7) is 5.45. The number of likely N-dealkylation sites (tertiary alicyclic amines) is 1. The molecule has 0 atom stereocenters. The fourth-order valence-electron chi connectivity index (χ4n) is 2.92. The summed E-state index contributed by atoms with van der Waals surface area (Å²) in [4.78, 5) is 15.5. The molecule has 1 N–H and O–H groups in total. The standard InChI is InChI=1S/C17H26N2O2/c20-17(21)10-6-14-19(16-8-2-1-3-9-16)15-7-13-18-11-4-5-12-18/h1-3,8-9H,4-7,10-15H2,(H,20,21). The lowest BCUT2D eigenvalue weighted by molar-refractivity contribution is -0.137. The molecule has 0 spiro atoms. The summed E-state index contributed by atoms with van der Waals surface area (Å²) in [6, 6.07) is 10.3. The van der Waals surface area contributed by atoms with Gasteiger partial charge in [0.2, 0.25) is 0 Å². The van der Waals surface area contributed by atoms with Crippen molar-refractivity contribution in [3.63, 3.8) is 0 Å². The minimum absolute atomic E-state index is 0.245. The molecule has 0 aromatic heterocycles. The highest BCUT2D eigenvalue weighted by atomic mass is 16.4. The summed E-state index contributed by atoms with van der Waals surface area (Å²) in [7, 11) is 0. The van der Waals surface area contributed by atoms with Crippen LogP contribution in [0, 0.1) is 0 Å². The number of benzene rings is 1. The highest BCUT2D eigenvalue weighted by Gasteiger charge is 2.12. The smallest absolute Gasteiger partial charge is 0.303 e. The molecule has 1 fully saturated rings. The maximum absolute atomic E-state index is 10.7. The van der Waals surface area contributed by atoms with Gasteiger partial charge in [-0.3, -0.25) is 4.79 Å². The quantitative estimate of drug-likeness (QED) is 0.759. The van der Waals surface area contributed by atoms with Gasteiger partial charge in [-0.25, -0.2) is 0 Å². The second-order valence-electron chi connectivity index (χ2n) is 5.72. The van der Waals surface area contributed by atoms with E-state index in [-0.39, 0.29) is 6.42 Å². The molecule has 1 aromatic rings. The van der Waals surface area contributed by atoms with E-state index >= 15 is 0 Å². The van der Waals surface area contributed by atoms with Crippen molar-refractivity contribution in [1.29, 1.82) is 0 Å². The van der Waals surface area contributed by atoms with Crippen molar-refractivity contribution in [1.82, 2.24) is 4.90 Å². The molecule has 0 radical (unpaired) electrons. The maximum Gasteiger partial charge on any atom is 0.303 e. The van der Waals surface area contributed by atoms with Crippen LogP contribution in [0.3, 0.4) is 0 Å². The number of carbonyl (C=O) groups is 1. The van der Waals surface area contributed by atoms with Crippen LogP contribution in [-0.2, 0) is 4.79 Å². The van der Waals surface area contributed by atoms with Crippen molar-refractivity contribution in [2.24, 2.45) is 0 Å². The number of rotatable bonds is 9. The molecule has 1 aliphatic rings. The first-order chi connectivity index (χ1) is 10.3. The maximum atomic E-state index is 10.7. The van der Waals surface area contributed by atoms with E-state index in [0.29, 0.717) is 6.42 Å². The summed E-state index contributed by atoms with van der Waals surface area (Å²) in [5.41, 5.74) is 1.20. The van der Waals surface area contributed by atoms with Crippen LogP contribution in [0.1, 0.15) is 32.1 Å². The molecule has 0 aliphatic carbocycles. The zero-order chi connectivity index (χ0) is 14.9. The summed E-state index contributed by atoms with van der Waals surface area (Å²) in [6.07, 6.45) is 4.76. The predicted octanol–water partition coefficient (Wildman–Crippen LogP) is 2.84. The van der Waals surface area contributed by atoms with Gasteiger partial charge in [0.1, 0.15) is 0 Å². The molecule has 0 saturated carbocycles. The zero-order valence-electron chi connectivity index (χ0n) is 12.7. The first-order valence-corrected chi connectivity index (χ1v) is 8.00. The van der Waals surface area contributed by atoms with Gasteiger partial charge in [0.05, 0.1) is 0 Å². The Bertz CT molecular complexity index is 416. The van der Waals surface area contributed by atoms with Gasteiger partial charge in [-0.05, 0) is 57.5 Å². The van der Waals surface area contributed by atoms with E-state index in [2.05, 4.69) is 21.9 Å². The van der Waals surface area contributed by atoms with Crippen molar-refractivity contribution in [3.8, 4) is 0 Å². The topological polar surface area (TPSA) is 43.8 Å². The largest absolute Gasteiger partial charge is 0.481 e. The summed E-state index contributed by atoms with van der Waals surface area (Å²) < 4.78 is 0. The number of carboxylic acids is 1. The second kappa shape index (κ2) is 8.67. The van der Waals surface area contributed by atoms with Gasteiger partial charge in [0, 0.05) is 25.2 Å². The number of carboxylic acid groups (broad SMARTS) is 1. The monoisotopic (exact) mass is 290 g/mol. The van der Waals surface area contributed by atoms with E-state index in [9.17, 15) is 4.79 Å². The Balaban J connectivity index is 1.80. The van der Waals surface area contributed by atoms with E-state index in [1.54, 1.807) is 0 Å². The molecule has 1 aromatic carbocycles. The Hall–Kier alpha value is -1.55. The van der Waals surface area contributed by atoms with Crippen molar-refractivity contribution < 1.29 is 9.90 Å². The summed E-state index contributed by atoms with van der Waals surface area (Å²) >= 11 is 0. The van der Waals surface area contributed by atoms with Crippen LogP contribution >= 0.6 is 0 Å². The van der Waals surface area contributed by atoms with Crippen LogP contribution in [-0.4, -0.2) is 48.7 Å². The van der Waals surface area contributed by atoms with E-state index < -0.39 is 5.97 Å². The van der Waals surface area contributed by atoms with Gasteiger partial charge in [0.15, 0.2) is 0 Å². The third-order valence-electron chi connectivity index (χ3n) is 4.04. The lowest BCUT2D eigenvalue weighted by atomic mass is 10.2. The highest BCUT2D eigenvalue weighted by molar-refractivity contribution is 5.66. The molecular formula is C17H26N2O2. The fourth-order valence-corrected chi connectivity index (χ4v) is 2.92. The van der Waals surface area contributed by atoms with E-state index in [4.69, 9.17) is 5.11 Å². The SMILES string of the molecule is O=C(O)CCCN(CCCN1CCCC1)c1ccccc1. The first-order valence-electron chi connectivity index (χ1n) is 8.00. The van der Waals surface area contributed by atoms with Crippen molar-refractivity contribution in [2.75, 3.05) is 37.6 Å². The molecule has 116 valence electrons. The van der Waals surface area contributed by atoms with Crippen LogP contribution in [0.4, 0.5) is 5.69 Å². The first kappa shape index (κ1) is 15.8. The normalized spacial score (nSPS) is 15.2. The van der Waals surface area contributed by atoms with Gasteiger partial charge in [-0.15, -0.1) is 0 Å². The molecule has 1 saturated heterocycles. The lowest BCUT2D eigenvalue weighted by Crippen LogP contribution is -2.29. The lowest BCUT2D eigenvalue weighted by Gasteiger charge is -2.26. The Kier molecular flexibility index (Phi) is 6.54. The molecule has 4 heteroatoms. The van der Waals surface area contributed by atoms with Crippen molar-refractivity contribution >= 4 is 11.7 Å². The number of hydrogen-bond donors (Lipinski definition) is 1. The molecule has 0 bridgehead atoms. The molecule has 0 unspecified atom stereocenters. The number of hydrogen-bond acceptors (Lipinski definition) is 3. The van der Waals surface area contributed by atoms with E-state index in [1.165, 1.54) is 31.6 Å². The predicted molar refractivity (Wildman–Crippen MR) is 85.8 cm³/mol. The zero-order valence-corrected chi connectivity index (χ0v) is 12.7. The van der Waals surface area contributed by atoms with Gasteiger partial charge in [-0.2, -0.15) is 0 Å². The van der Waals surface area contributed by atoms with E-state index in [1.807, 2.05) is 18.2 Å². The van der Waals surface area contributed by atoms with E-state index in [0.717, 1.165) is 26.1 Å². The van der Waals surface area contributed by atoms with Crippen molar-refractivity contribution in [2.45, 2.75) is 32.1 Å². The van der Waals surface area contributed by atoms with Crippen LogP contribution in [0.5, 0.6) is 0 Å². The molecule has 2 rings (SSSR count). The molecular weight excluding hydrogens is 264 g/mol. The molecule has 1 aliphatic heterocycles. The van der Waals surface area contributed by atoms with Crippen LogP contribution in [0.15, 0.2) is 30.3 Å². The Labute approximate surface area is 127 Å². The van der Waals surface area contributed by atoms with Gasteiger partial charge in [0.25, 0.3) is 0 Å². The highest BCUT2D eigenvalue weighted by Crippen LogP contribution is 2.15. The minimum Gasteiger partial charge on any atom is -0.481 e. The summed E-state index contributed by atoms with van der Waals surface area (Å²) in [5, 5.41) is 8.79. The van der Waals surface area contributed by atoms with Gasteiger partial charge in [-0.1, -0.05) is 18.2 Å². The second-order valence-corrected chi connectivity index (χ2v) is 5.72. The summed E-state index contributed by atoms with van der Waals surface area (Å²) in [5.74, 6) is -0.708. The molecule has 1 heterocycles. The fraction of sp³-hybridized carbons (Fsp3) is 0.588. The van der Waals surface area contributed by atoms with Crippen LogP contribution in [0.25, 0.3) is 0 Å². The van der Waals surface area contributed by atoms with Crippen molar-refractivity contribution in [3.05, 3.63) is 30.3 Å². The Morgan fingerprint density at radius 2 is 1.76 bits per heavy atom. The minimum atomic E-state index is -0.708. The third-order valence-corrected chi connectivity index (χ3v) is 4.04.